The second-order valence-electron chi connectivity index (χ2n) is 5.14. The summed E-state index contributed by atoms with van der Waals surface area (Å²) in [6.45, 7) is 5.24. The SMILES string of the molecule is CCNC(CCc1cccc(C)c1)c1c(Br)cnn1C. The summed E-state index contributed by atoms with van der Waals surface area (Å²) in [5.74, 6) is 0. The highest BCUT2D eigenvalue weighted by atomic mass is 79.9. The van der Waals surface area contributed by atoms with Gasteiger partial charge in [0.05, 0.1) is 22.4 Å². The Balaban J connectivity index is 2.10. The van der Waals surface area contributed by atoms with Crippen LogP contribution in [-0.2, 0) is 13.5 Å². The first-order chi connectivity index (χ1) is 9.61. The summed E-state index contributed by atoms with van der Waals surface area (Å²) in [5.41, 5.74) is 3.94. The predicted molar refractivity (Wildman–Crippen MR) is 86.8 cm³/mol. The largest absolute Gasteiger partial charge is 0.309 e. The van der Waals surface area contributed by atoms with Gasteiger partial charge in [0.25, 0.3) is 0 Å². The van der Waals surface area contributed by atoms with Crippen molar-refractivity contribution in [2.24, 2.45) is 7.05 Å². The van der Waals surface area contributed by atoms with E-state index in [9.17, 15) is 0 Å². The third-order valence-electron chi connectivity index (χ3n) is 3.52. The van der Waals surface area contributed by atoms with E-state index in [0.29, 0.717) is 6.04 Å². The van der Waals surface area contributed by atoms with Crippen LogP contribution in [0.4, 0.5) is 0 Å². The van der Waals surface area contributed by atoms with Crippen LogP contribution in [-0.4, -0.2) is 16.3 Å². The van der Waals surface area contributed by atoms with E-state index in [1.807, 2.05) is 17.9 Å². The summed E-state index contributed by atoms with van der Waals surface area (Å²) in [5, 5.41) is 7.88. The minimum absolute atomic E-state index is 0.322. The van der Waals surface area contributed by atoms with Crippen LogP contribution in [0.25, 0.3) is 0 Å². The van der Waals surface area contributed by atoms with E-state index in [-0.39, 0.29) is 0 Å². The van der Waals surface area contributed by atoms with Gasteiger partial charge in [-0.3, -0.25) is 4.68 Å². The lowest BCUT2D eigenvalue weighted by molar-refractivity contribution is 0.478. The number of halogens is 1. The minimum atomic E-state index is 0.322. The Kier molecular flexibility index (Phi) is 5.38. The highest BCUT2D eigenvalue weighted by Gasteiger charge is 2.17. The maximum Gasteiger partial charge on any atom is 0.0692 e. The topological polar surface area (TPSA) is 29.9 Å². The molecule has 0 fully saturated rings. The Hall–Kier alpha value is -1.13. The second-order valence-corrected chi connectivity index (χ2v) is 5.99. The average molecular weight is 336 g/mol. The van der Waals surface area contributed by atoms with E-state index in [1.165, 1.54) is 16.8 Å². The third kappa shape index (κ3) is 3.70. The van der Waals surface area contributed by atoms with E-state index < -0.39 is 0 Å². The van der Waals surface area contributed by atoms with Crippen molar-refractivity contribution in [1.29, 1.82) is 0 Å². The van der Waals surface area contributed by atoms with Gasteiger partial charge in [-0.05, 0) is 47.8 Å². The predicted octanol–water partition coefficient (Wildman–Crippen LogP) is 3.77. The van der Waals surface area contributed by atoms with Gasteiger partial charge in [0.1, 0.15) is 0 Å². The van der Waals surface area contributed by atoms with Crippen molar-refractivity contribution in [3.63, 3.8) is 0 Å². The molecule has 1 unspecified atom stereocenters. The van der Waals surface area contributed by atoms with Crippen LogP contribution >= 0.6 is 15.9 Å². The average Bonchev–Trinajstić information content (AvgIpc) is 2.75. The fourth-order valence-corrected chi connectivity index (χ4v) is 3.20. The van der Waals surface area contributed by atoms with Gasteiger partial charge in [0, 0.05) is 7.05 Å². The molecule has 0 radical (unpaired) electrons. The molecule has 1 heterocycles. The fraction of sp³-hybridized carbons (Fsp3) is 0.438. The molecular weight excluding hydrogens is 314 g/mol. The first-order valence-corrected chi connectivity index (χ1v) is 7.87. The lowest BCUT2D eigenvalue weighted by Gasteiger charge is -2.19. The second kappa shape index (κ2) is 7.04. The summed E-state index contributed by atoms with van der Waals surface area (Å²) >= 11 is 3.60. The zero-order chi connectivity index (χ0) is 14.5. The van der Waals surface area contributed by atoms with Gasteiger partial charge in [0.15, 0.2) is 0 Å². The molecule has 0 saturated carbocycles. The molecule has 0 aliphatic heterocycles. The van der Waals surface area contributed by atoms with Crippen molar-refractivity contribution in [1.82, 2.24) is 15.1 Å². The number of aryl methyl sites for hydroxylation is 3. The van der Waals surface area contributed by atoms with E-state index in [1.54, 1.807) is 0 Å². The molecule has 108 valence electrons. The molecule has 2 rings (SSSR count). The Bertz CT molecular complexity index is 543. The molecule has 1 atom stereocenters. The van der Waals surface area contributed by atoms with Gasteiger partial charge in [-0.15, -0.1) is 0 Å². The van der Waals surface area contributed by atoms with Crippen molar-refractivity contribution in [2.75, 3.05) is 6.54 Å². The summed E-state index contributed by atoms with van der Waals surface area (Å²) in [6.07, 6.45) is 4.00. The van der Waals surface area contributed by atoms with Crippen LogP contribution in [0.2, 0.25) is 0 Å². The van der Waals surface area contributed by atoms with Crippen molar-refractivity contribution in [2.45, 2.75) is 32.7 Å². The highest BCUT2D eigenvalue weighted by molar-refractivity contribution is 9.10. The quantitative estimate of drug-likeness (QED) is 0.870. The maximum absolute atomic E-state index is 4.32. The van der Waals surface area contributed by atoms with Crippen LogP contribution in [0.5, 0.6) is 0 Å². The molecule has 3 nitrogen and oxygen atoms in total. The summed E-state index contributed by atoms with van der Waals surface area (Å²) in [6, 6.07) is 9.06. The monoisotopic (exact) mass is 335 g/mol. The molecule has 0 aliphatic carbocycles. The molecule has 1 aromatic heterocycles. The number of rotatable bonds is 6. The molecule has 0 spiro atoms. The van der Waals surface area contributed by atoms with Gasteiger partial charge in [-0.1, -0.05) is 36.8 Å². The number of hydrogen-bond donors (Lipinski definition) is 1. The molecular formula is C16H22BrN3. The van der Waals surface area contributed by atoms with Crippen LogP contribution in [0, 0.1) is 6.92 Å². The smallest absolute Gasteiger partial charge is 0.0692 e. The molecule has 0 bridgehead atoms. The van der Waals surface area contributed by atoms with E-state index in [4.69, 9.17) is 0 Å². The van der Waals surface area contributed by atoms with Crippen molar-refractivity contribution in [3.8, 4) is 0 Å². The number of nitrogens with zero attached hydrogens (tertiary/aromatic N) is 2. The fourth-order valence-electron chi connectivity index (χ4n) is 2.57. The van der Waals surface area contributed by atoms with Crippen LogP contribution < -0.4 is 5.32 Å². The number of nitrogens with one attached hydrogen (secondary N) is 1. The van der Waals surface area contributed by atoms with Gasteiger partial charge in [-0.2, -0.15) is 5.10 Å². The summed E-state index contributed by atoms with van der Waals surface area (Å²) in [4.78, 5) is 0. The lowest BCUT2D eigenvalue weighted by Crippen LogP contribution is -2.24. The van der Waals surface area contributed by atoms with E-state index in [2.05, 4.69) is 64.5 Å². The minimum Gasteiger partial charge on any atom is -0.309 e. The lowest BCUT2D eigenvalue weighted by atomic mass is 10.0. The van der Waals surface area contributed by atoms with E-state index >= 15 is 0 Å². The highest BCUT2D eigenvalue weighted by Crippen LogP contribution is 2.26. The Labute approximate surface area is 129 Å². The Morgan fingerprint density at radius 1 is 1.40 bits per heavy atom. The molecule has 1 N–H and O–H groups in total. The van der Waals surface area contributed by atoms with Gasteiger partial charge >= 0.3 is 0 Å². The zero-order valence-electron chi connectivity index (χ0n) is 12.4. The first kappa shape index (κ1) is 15.3. The number of hydrogen-bond acceptors (Lipinski definition) is 2. The normalized spacial score (nSPS) is 12.6. The van der Waals surface area contributed by atoms with Crippen molar-refractivity contribution < 1.29 is 0 Å². The molecule has 0 aliphatic rings. The molecule has 4 heteroatoms. The van der Waals surface area contributed by atoms with Gasteiger partial charge < -0.3 is 5.32 Å². The standard InChI is InChI=1S/C16H22BrN3/c1-4-18-15(16-14(17)11-19-20(16)3)9-8-13-7-5-6-12(2)10-13/h5-7,10-11,15,18H,4,8-9H2,1-3H3. The molecule has 0 amide bonds. The number of aromatic nitrogens is 2. The maximum atomic E-state index is 4.32. The first-order valence-electron chi connectivity index (χ1n) is 7.08. The van der Waals surface area contributed by atoms with Crippen molar-refractivity contribution in [3.05, 3.63) is 51.8 Å². The van der Waals surface area contributed by atoms with E-state index in [0.717, 1.165) is 23.9 Å². The Morgan fingerprint density at radius 2 is 2.20 bits per heavy atom. The third-order valence-corrected chi connectivity index (χ3v) is 4.13. The van der Waals surface area contributed by atoms with Gasteiger partial charge in [-0.25, -0.2) is 0 Å². The molecule has 1 aromatic carbocycles. The summed E-state index contributed by atoms with van der Waals surface area (Å²) < 4.78 is 3.03. The number of benzene rings is 1. The molecule has 2 aromatic rings. The van der Waals surface area contributed by atoms with Crippen LogP contribution in [0.15, 0.2) is 34.9 Å². The molecule has 20 heavy (non-hydrogen) atoms. The van der Waals surface area contributed by atoms with Gasteiger partial charge in [0.2, 0.25) is 0 Å². The van der Waals surface area contributed by atoms with Crippen LogP contribution in [0.1, 0.15) is 36.2 Å². The van der Waals surface area contributed by atoms with Crippen molar-refractivity contribution >= 4 is 15.9 Å². The summed E-state index contributed by atoms with van der Waals surface area (Å²) in [7, 11) is 2.00. The van der Waals surface area contributed by atoms with Crippen LogP contribution in [0.3, 0.4) is 0 Å². The molecule has 0 saturated heterocycles. The zero-order valence-corrected chi connectivity index (χ0v) is 13.9. The Morgan fingerprint density at radius 3 is 2.80 bits per heavy atom.